The normalized spacial score (nSPS) is 23.0. The maximum absolute atomic E-state index is 11.9. The Hall–Kier alpha value is -2.64. The molecule has 4 atom stereocenters. The summed E-state index contributed by atoms with van der Waals surface area (Å²) in [5.41, 5.74) is 1.77. The van der Waals surface area contributed by atoms with E-state index in [1.54, 1.807) is 14.7 Å². The van der Waals surface area contributed by atoms with Crippen molar-refractivity contribution in [1.29, 1.82) is 0 Å². The molecule has 4 rings (SSSR count). The maximum Gasteiger partial charge on any atom is 0.323 e. The molecule has 0 saturated heterocycles. The van der Waals surface area contributed by atoms with Crippen LogP contribution in [-0.2, 0) is 23.3 Å². The SMILES string of the molecule is O=C(O)CN1CCN=C(CN(CC(=O)O)c2ccc(NC(S)NCCCSOC3CCCCCCCC(C4CCCCCCC4)CC(OCO)C3)cc2)CN(CC(=O)O)CC1. The summed E-state index contributed by atoms with van der Waals surface area (Å²) < 4.78 is 12.4. The third-order valence-electron chi connectivity index (χ3n) is 12.1. The number of aliphatic hydroxyl groups excluding tert-OH is 1. The van der Waals surface area contributed by atoms with E-state index in [9.17, 15) is 34.8 Å². The molecule has 1 heterocycles. The zero-order chi connectivity index (χ0) is 43.7. The van der Waals surface area contributed by atoms with Crippen LogP contribution < -0.4 is 15.5 Å². The summed E-state index contributed by atoms with van der Waals surface area (Å²) in [7, 11) is 0. The number of nitrogens with one attached hydrogen (secondary N) is 2. The lowest BCUT2D eigenvalue weighted by atomic mass is 9.76. The number of hydrogen-bond donors (Lipinski definition) is 7. The minimum absolute atomic E-state index is 0.0130. The van der Waals surface area contributed by atoms with Crippen molar-refractivity contribution in [1.82, 2.24) is 15.1 Å². The first-order valence-corrected chi connectivity index (χ1v) is 24.2. The molecule has 346 valence electrons. The molecule has 0 radical (unpaired) electrons. The van der Waals surface area contributed by atoms with Gasteiger partial charge in [-0.2, -0.15) is 0 Å². The molecule has 15 nitrogen and oxygen atoms in total. The van der Waals surface area contributed by atoms with Gasteiger partial charge in [0.15, 0.2) is 0 Å². The molecule has 0 amide bonds. The van der Waals surface area contributed by atoms with E-state index in [0.29, 0.717) is 43.5 Å². The minimum Gasteiger partial charge on any atom is -0.480 e. The molecule has 17 heteroatoms. The van der Waals surface area contributed by atoms with Crippen LogP contribution in [0, 0.1) is 11.8 Å². The van der Waals surface area contributed by atoms with Gasteiger partial charge in [-0.25, -0.2) is 0 Å². The van der Waals surface area contributed by atoms with Crippen molar-refractivity contribution in [3.63, 3.8) is 0 Å². The van der Waals surface area contributed by atoms with Crippen LogP contribution in [0.2, 0.25) is 0 Å². The summed E-state index contributed by atoms with van der Waals surface area (Å²) in [5.74, 6) is -0.734. The van der Waals surface area contributed by atoms with Crippen molar-refractivity contribution >= 4 is 59.7 Å². The van der Waals surface area contributed by atoms with Gasteiger partial charge in [0.25, 0.3) is 0 Å². The van der Waals surface area contributed by atoms with Gasteiger partial charge in [-0.15, -0.1) is 12.6 Å². The van der Waals surface area contributed by atoms with Gasteiger partial charge in [0.2, 0.25) is 0 Å². The quantitative estimate of drug-likeness (QED) is 0.0315. The van der Waals surface area contributed by atoms with Crippen molar-refractivity contribution in [2.24, 2.45) is 16.8 Å². The van der Waals surface area contributed by atoms with Crippen LogP contribution in [0.3, 0.4) is 0 Å². The molecule has 1 aliphatic heterocycles. The highest BCUT2D eigenvalue weighted by atomic mass is 32.2. The van der Waals surface area contributed by atoms with Crippen molar-refractivity contribution < 1.29 is 43.7 Å². The van der Waals surface area contributed by atoms with Crippen LogP contribution in [0.4, 0.5) is 11.4 Å². The van der Waals surface area contributed by atoms with Crippen molar-refractivity contribution in [2.75, 3.05) is 88.2 Å². The van der Waals surface area contributed by atoms with E-state index in [4.69, 9.17) is 21.5 Å². The molecule has 1 aromatic carbocycles. The monoisotopic (exact) mass is 894 g/mol. The molecular formula is C44H74N6O9S2. The second-order valence-corrected chi connectivity index (χ2v) is 18.4. The maximum atomic E-state index is 11.9. The lowest BCUT2D eigenvalue weighted by Crippen LogP contribution is -2.43. The molecular weight excluding hydrogens is 821 g/mol. The Morgan fingerprint density at radius 3 is 2.08 bits per heavy atom. The standard InChI is InChI=1S/C44H74N6O9S2/c51-33-58-40-26-35(34-12-7-3-1-4-8-13-34)14-9-5-2-6-10-15-39(27-40)59-61-25-11-20-46-44(60)47-36-16-18-38(19-17-36)50(32-43(56)57)29-37-28-49(31-42(54)55)24-23-48(22-21-45-37)30-41(52)53/h16-19,34-35,39-40,44,46-47,51,60H,1-15,20-33H2,(H,52,53)(H,54,55)(H,56,57). The van der Waals surface area contributed by atoms with Gasteiger partial charge < -0.3 is 39.6 Å². The zero-order valence-corrected chi connectivity index (χ0v) is 37.9. The van der Waals surface area contributed by atoms with Gasteiger partial charge in [-0.1, -0.05) is 83.5 Å². The second kappa shape index (κ2) is 29.7. The molecule has 1 aromatic rings. The smallest absolute Gasteiger partial charge is 0.323 e. The predicted molar refractivity (Wildman–Crippen MR) is 246 cm³/mol. The van der Waals surface area contributed by atoms with Gasteiger partial charge in [0, 0.05) is 55.4 Å². The van der Waals surface area contributed by atoms with Crippen LogP contribution in [0.5, 0.6) is 0 Å². The fourth-order valence-corrected chi connectivity index (χ4v) is 10.0. The Balaban J connectivity index is 1.23. The summed E-state index contributed by atoms with van der Waals surface area (Å²) in [6.07, 6.45) is 20.8. The number of nitrogens with zero attached hydrogens (tertiary/aromatic N) is 4. The second-order valence-electron chi connectivity index (χ2n) is 17.0. The van der Waals surface area contributed by atoms with Crippen molar-refractivity contribution in [3.05, 3.63) is 24.3 Å². The highest BCUT2D eigenvalue weighted by Gasteiger charge is 2.28. The Morgan fingerprint density at radius 1 is 0.803 bits per heavy atom. The number of carboxylic acid groups (broad SMARTS) is 3. The summed E-state index contributed by atoms with van der Waals surface area (Å²) in [6, 6.07) is 7.38. The zero-order valence-electron chi connectivity index (χ0n) is 36.2. The lowest BCUT2D eigenvalue weighted by molar-refractivity contribution is -0.140. The van der Waals surface area contributed by atoms with Crippen LogP contribution in [0.1, 0.15) is 109 Å². The third kappa shape index (κ3) is 21.5. The average molecular weight is 895 g/mol. The van der Waals surface area contributed by atoms with Crippen molar-refractivity contribution in [2.45, 2.75) is 127 Å². The molecule has 0 aromatic heterocycles. The number of benzene rings is 1. The van der Waals surface area contributed by atoms with E-state index in [0.717, 1.165) is 56.0 Å². The highest BCUT2D eigenvalue weighted by Crippen LogP contribution is 2.36. The number of thiol groups is 1. The van der Waals surface area contributed by atoms with E-state index in [1.807, 2.05) is 24.3 Å². The fraction of sp³-hybridized carbons (Fsp3) is 0.773. The summed E-state index contributed by atoms with van der Waals surface area (Å²) in [6.45, 7) is 1.62. The number of aliphatic imine (C=N–C) groups is 1. The Morgan fingerprint density at radius 2 is 1.43 bits per heavy atom. The Kier molecular flexibility index (Phi) is 24.8. The number of carbonyl (C=O) groups is 3. The molecule has 2 saturated carbocycles. The van der Waals surface area contributed by atoms with Gasteiger partial charge in [0.1, 0.15) is 18.8 Å². The molecule has 2 aliphatic carbocycles. The molecule has 4 unspecified atom stereocenters. The molecule has 2 fully saturated rings. The van der Waals surface area contributed by atoms with Gasteiger partial charge >= 0.3 is 17.9 Å². The number of anilines is 2. The van der Waals surface area contributed by atoms with E-state index in [-0.39, 0.29) is 57.2 Å². The van der Waals surface area contributed by atoms with Gasteiger partial charge in [-0.05, 0) is 74.0 Å². The lowest BCUT2D eigenvalue weighted by Gasteiger charge is -2.33. The van der Waals surface area contributed by atoms with E-state index >= 15 is 0 Å². The predicted octanol–water partition coefficient (Wildman–Crippen LogP) is 6.28. The van der Waals surface area contributed by atoms with E-state index < -0.39 is 17.9 Å². The summed E-state index contributed by atoms with van der Waals surface area (Å²) in [4.78, 5) is 44.6. The van der Waals surface area contributed by atoms with Gasteiger partial charge in [-0.3, -0.25) is 34.5 Å². The fourth-order valence-electron chi connectivity index (χ4n) is 9.01. The van der Waals surface area contributed by atoms with Crippen LogP contribution in [0.25, 0.3) is 0 Å². The summed E-state index contributed by atoms with van der Waals surface area (Å²) in [5, 5.41) is 45.1. The molecule has 0 spiro atoms. The van der Waals surface area contributed by atoms with Gasteiger partial charge in [0.05, 0.1) is 38.4 Å². The van der Waals surface area contributed by atoms with Crippen LogP contribution in [-0.4, -0.2) is 150 Å². The number of ether oxygens (including phenoxy) is 1. The minimum atomic E-state index is -1.01. The molecule has 61 heavy (non-hydrogen) atoms. The first-order valence-electron chi connectivity index (χ1n) is 22.7. The van der Waals surface area contributed by atoms with Crippen LogP contribution in [0.15, 0.2) is 29.3 Å². The third-order valence-corrected chi connectivity index (χ3v) is 13.3. The number of carboxylic acids is 3. The van der Waals surface area contributed by atoms with E-state index in [1.165, 1.54) is 89.1 Å². The topological polar surface area (TPSA) is 197 Å². The Bertz CT molecular complexity index is 1440. The van der Waals surface area contributed by atoms with E-state index in [2.05, 4.69) is 15.6 Å². The number of aliphatic carboxylic acids is 3. The first kappa shape index (κ1) is 51.0. The number of rotatable bonds is 21. The largest absolute Gasteiger partial charge is 0.480 e. The average Bonchev–Trinajstić information content (AvgIpc) is 3.27. The number of aliphatic hydroxyl groups is 1. The molecule has 3 aliphatic rings. The molecule has 0 bridgehead atoms. The van der Waals surface area contributed by atoms with Crippen LogP contribution >= 0.6 is 24.7 Å². The summed E-state index contributed by atoms with van der Waals surface area (Å²) >= 11 is 6.22. The Labute approximate surface area is 373 Å². The number of hydrogen-bond acceptors (Lipinski definition) is 14. The molecule has 6 N–H and O–H groups in total. The highest BCUT2D eigenvalue weighted by molar-refractivity contribution is 7.94. The first-order chi connectivity index (χ1) is 29.6. The van der Waals surface area contributed by atoms with Crippen molar-refractivity contribution in [3.8, 4) is 0 Å².